The van der Waals surface area contributed by atoms with Gasteiger partial charge in [-0.25, -0.2) is 0 Å². The minimum atomic E-state index is 0.208. The van der Waals surface area contributed by atoms with E-state index in [0.717, 1.165) is 19.5 Å². The van der Waals surface area contributed by atoms with Gasteiger partial charge in [-0.3, -0.25) is 4.90 Å². The number of hydrogen-bond acceptors (Lipinski definition) is 2. The van der Waals surface area contributed by atoms with Crippen LogP contribution in [0.3, 0.4) is 0 Å². The van der Waals surface area contributed by atoms with Crippen LogP contribution in [0.1, 0.15) is 57.2 Å². The molecular formula is C17H30N2. The van der Waals surface area contributed by atoms with Gasteiger partial charge in [-0.15, -0.1) is 0 Å². The normalized spacial score (nSPS) is 14.6. The van der Waals surface area contributed by atoms with Crippen LogP contribution in [0.15, 0.2) is 24.3 Å². The molecule has 0 aromatic heterocycles. The molecule has 0 aliphatic heterocycles. The first-order chi connectivity index (χ1) is 9.15. The van der Waals surface area contributed by atoms with Crippen molar-refractivity contribution < 1.29 is 0 Å². The van der Waals surface area contributed by atoms with Crippen molar-refractivity contribution in [2.45, 2.75) is 59.0 Å². The van der Waals surface area contributed by atoms with Gasteiger partial charge in [-0.05, 0) is 50.4 Å². The Kier molecular flexibility index (Phi) is 7.11. The fraction of sp³-hybridized carbons (Fsp3) is 0.647. The second kappa shape index (κ2) is 8.34. The van der Waals surface area contributed by atoms with Crippen molar-refractivity contribution in [2.75, 3.05) is 13.1 Å². The third kappa shape index (κ3) is 4.32. The van der Waals surface area contributed by atoms with E-state index in [-0.39, 0.29) is 6.04 Å². The summed E-state index contributed by atoms with van der Waals surface area (Å²) >= 11 is 0. The van der Waals surface area contributed by atoms with Gasteiger partial charge in [0, 0.05) is 6.04 Å². The summed E-state index contributed by atoms with van der Waals surface area (Å²) in [7, 11) is 0. The molecule has 0 heterocycles. The molecule has 0 fully saturated rings. The van der Waals surface area contributed by atoms with Crippen molar-refractivity contribution in [3.8, 4) is 0 Å². The largest absolute Gasteiger partial charge is 0.326 e. The highest BCUT2D eigenvalue weighted by Gasteiger charge is 2.25. The topological polar surface area (TPSA) is 29.3 Å². The molecule has 0 bridgehead atoms. The Bertz CT molecular complexity index is 356. The Morgan fingerprint density at radius 1 is 1.05 bits per heavy atom. The zero-order chi connectivity index (χ0) is 14.3. The average Bonchev–Trinajstić information content (AvgIpc) is 2.41. The molecule has 108 valence electrons. The number of benzene rings is 1. The van der Waals surface area contributed by atoms with Crippen LogP contribution < -0.4 is 5.73 Å². The van der Waals surface area contributed by atoms with Crippen LogP contribution in [0.2, 0.25) is 0 Å². The highest BCUT2D eigenvalue weighted by atomic mass is 15.2. The summed E-state index contributed by atoms with van der Waals surface area (Å²) in [6, 6.07) is 9.24. The molecule has 0 radical (unpaired) electrons. The lowest BCUT2D eigenvalue weighted by Gasteiger charge is -2.36. The highest BCUT2D eigenvalue weighted by molar-refractivity contribution is 5.30. The molecule has 1 aromatic rings. The molecule has 2 heteroatoms. The van der Waals surface area contributed by atoms with Crippen molar-refractivity contribution in [3.63, 3.8) is 0 Å². The fourth-order valence-corrected chi connectivity index (χ4v) is 2.80. The highest BCUT2D eigenvalue weighted by Crippen LogP contribution is 2.28. The van der Waals surface area contributed by atoms with Crippen LogP contribution in [0, 0.1) is 6.92 Å². The van der Waals surface area contributed by atoms with E-state index in [0.29, 0.717) is 6.04 Å². The van der Waals surface area contributed by atoms with Gasteiger partial charge >= 0.3 is 0 Å². The number of aryl methyl sites for hydroxylation is 1. The van der Waals surface area contributed by atoms with Crippen LogP contribution in [0.25, 0.3) is 0 Å². The van der Waals surface area contributed by atoms with Gasteiger partial charge in [0.25, 0.3) is 0 Å². The van der Waals surface area contributed by atoms with E-state index in [1.807, 2.05) is 0 Å². The molecular weight excluding hydrogens is 232 g/mol. The predicted molar refractivity (Wildman–Crippen MR) is 84.3 cm³/mol. The molecule has 19 heavy (non-hydrogen) atoms. The van der Waals surface area contributed by atoms with E-state index in [9.17, 15) is 0 Å². The van der Waals surface area contributed by atoms with E-state index in [1.54, 1.807) is 0 Å². The van der Waals surface area contributed by atoms with E-state index in [2.05, 4.69) is 56.9 Å². The predicted octanol–water partition coefficient (Wildman–Crippen LogP) is 3.90. The summed E-state index contributed by atoms with van der Waals surface area (Å²) < 4.78 is 0. The zero-order valence-corrected chi connectivity index (χ0v) is 13.0. The molecule has 1 rings (SSSR count). The summed E-state index contributed by atoms with van der Waals surface area (Å²) in [5, 5.41) is 0. The Morgan fingerprint density at radius 3 is 2.11 bits per heavy atom. The first-order valence-corrected chi connectivity index (χ1v) is 7.70. The summed E-state index contributed by atoms with van der Waals surface area (Å²) in [6.07, 6.45) is 3.38. The maximum absolute atomic E-state index is 6.44. The second-order valence-electron chi connectivity index (χ2n) is 5.41. The summed E-state index contributed by atoms with van der Waals surface area (Å²) in [4.78, 5) is 2.57. The van der Waals surface area contributed by atoms with Crippen molar-refractivity contribution in [1.29, 1.82) is 0 Å². The second-order valence-corrected chi connectivity index (χ2v) is 5.41. The van der Waals surface area contributed by atoms with Crippen molar-refractivity contribution in [3.05, 3.63) is 35.4 Å². The smallest absolute Gasteiger partial charge is 0.0501 e. The quantitative estimate of drug-likeness (QED) is 0.770. The fourth-order valence-electron chi connectivity index (χ4n) is 2.80. The molecule has 0 spiro atoms. The molecule has 2 atom stereocenters. The van der Waals surface area contributed by atoms with Crippen molar-refractivity contribution in [2.24, 2.45) is 5.73 Å². The molecule has 0 saturated carbocycles. The molecule has 0 aliphatic rings. The Balaban J connectivity index is 3.08. The lowest BCUT2D eigenvalue weighted by atomic mass is 9.92. The molecule has 2 unspecified atom stereocenters. The monoisotopic (exact) mass is 262 g/mol. The lowest BCUT2D eigenvalue weighted by Crippen LogP contribution is -2.42. The Labute approximate surface area is 119 Å². The Hall–Kier alpha value is -0.860. The summed E-state index contributed by atoms with van der Waals surface area (Å²) in [5.74, 6) is 0. The van der Waals surface area contributed by atoms with E-state index in [4.69, 9.17) is 5.73 Å². The van der Waals surface area contributed by atoms with Crippen LogP contribution >= 0.6 is 0 Å². The van der Waals surface area contributed by atoms with Gasteiger partial charge < -0.3 is 5.73 Å². The van der Waals surface area contributed by atoms with Gasteiger partial charge in [0.15, 0.2) is 0 Å². The van der Waals surface area contributed by atoms with E-state index < -0.39 is 0 Å². The van der Waals surface area contributed by atoms with Crippen molar-refractivity contribution in [1.82, 2.24) is 4.90 Å². The van der Waals surface area contributed by atoms with Gasteiger partial charge in [0.1, 0.15) is 0 Å². The number of nitrogens with zero attached hydrogens (tertiary/aromatic N) is 1. The molecule has 0 aliphatic carbocycles. The minimum absolute atomic E-state index is 0.208. The van der Waals surface area contributed by atoms with Crippen LogP contribution in [-0.4, -0.2) is 24.0 Å². The van der Waals surface area contributed by atoms with Gasteiger partial charge in [-0.1, -0.05) is 45.0 Å². The maximum Gasteiger partial charge on any atom is 0.0501 e. The zero-order valence-electron chi connectivity index (χ0n) is 13.0. The molecule has 0 saturated heterocycles. The standard InChI is InChI=1S/C17H30N2/c1-5-12-19(13-6-2)17(16(18)7-3)15-11-9-8-10-14(15)4/h8-11,16-17H,5-7,12-13,18H2,1-4H3. The van der Waals surface area contributed by atoms with Gasteiger partial charge in [0.05, 0.1) is 6.04 Å². The van der Waals surface area contributed by atoms with Gasteiger partial charge in [-0.2, -0.15) is 0 Å². The number of nitrogens with two attached hydrogens (primary N) is 1. The third-order valence-corrected chi connectivity index (χ3v) is 3.80. The van der Waals surface area contributed by atoms with Crippen LogP contribution in [0.4, 0.5) is 0 Å². The summed E-state index contributed by atoms with van der Waals surface area (Å²) in [5.41, 5.74) is 9.19. The molecule has 0 amide bonds. The summed E-state index contributed by atoms with van der Waals surface area (Å²) in [6.45, 7) is 11.1. The first kappa shape index (κ1) is 16.2. The molecule has 1 aromatic carbocycles. The number of rotatable bonds is 8. The van der Waals surface area contributed by atoms with Gasteiger partial charge in [0.2, 0.25) is 0 Å². The lowest BCUT2D eigenvalue weighted by molar-refractivity contribution is 0.168. The molecule has 2 N–H and O–H groups in total. The number of hydrogen-bond donors (Lipinski definition) is 1. The maximum atomic E-state index is 6.44. The van der Waals surface area contributed by atoms with Crippen LogP contribution in [-0.2, 0) is 0 Å². The van der Waals surface area contributed by atoms with E-state index >= 15 is 0 Å². The van der Waals surface area contributed by atoms with E-state index in [1.165, 1.54) is 24.0 Å². The third-order valence-electron chi connectivity index (χ3n) is 3.80. The molecule has 2 nitrogen and oxygen atoms in total. The first-order valence-electron chi connectivity index (χ1n) is 7.70. The SMILES string of the molecule is CCCN(CCC)C(c1ccccc1C)C(N)CC. The average molecular weight is 262 g/mol. The Morgan fingerprint density at radius 2 is 1.63 bits per heavy atom. The van der Waals surface area contributed by atoms with Crippen molar-refractivity contribution >= 4 is 0 Å². The minimum Gasteiger partial charge on any atom is -0.326 e. The van der Waals surface area contributed by atoms with Crippen LogP contribution in [0.5, 0.6) is 0 Å².